The van der Waals surface area contributed by atoms with Gasteiger partial charge in [0.2, 0.25) is 0 Å². The topological polar surface area (TPSA) is 43.4 Å². The van der Waals surface area contributed by atoms with Crippen LogP contribution in [0.4, 0.5) is 5.69 Å². The predicted molar refractivity (Wildman–Crippen MR) is 112 cm³/mol. The van der Waals surface area contributed by atoms with E-state index in [4.69, 9.17) is 11.6 Å². The minimum absolute atomic E-state index is 0.238. The lowest BCUT2D eigenvalue weighted by Crippen LogP contribution is -2.46. The van der Waals surface area contributed by atoms with Gasteiger partial charge in [-0.25, -0.2) is 0 Å². The van der Waals surface area contributed by atoms with Gasteiger partial charge in [0.05, 0.1) is 12.0 Å². The van der Waals surface area contributed by atoms with Crippen LogP contribution in [-0.4, -0.2) is 12.5 Å². The number of halogens is 1. The molecule has 2 heterocycles. The third kappa shape index (κ3) is 2.47. The number of carbonyl (C=O) groups excluding carboxylic acids is 1. The summed E-state index contributed by atoms with van der Waals surface area (Å²) in [4.78, 5) is 14.3. The molecule has 0 saturated heterocycles. The van der Waals surface area contributed by atoms with Crippen molar-refractivity contribution in [3.8, 4) is 0 Å². The fourth-order valence-corrected chi connectivity index (χ4v) is 6.26. The molecule has 5 atom stereocenters. The van der Waals surface area contributed by atoms with Gasteiger partial charge >= 0.3 is 0 Å². The summed E-state index contributed by atoms with van der Waals surface area (Å²) in [7, 11) is 0. The average Bonchev–Trinajstić information content (AvgIpc) is 3.38. The van der Waals surface area contributed by atoms with Crippen LogP contribution in [0.1, 0.15) is 57.8 Å². The van der Waals surface area contributed by atoms with Crippen molar-refractivity contribution in [3.05, 3.63) is 88.0 Å². The third-order valence-corrected chi connectivity index (χ3v) is 7.55. The highest BCUT2D eigenvalue weighted by Crippen LogP contribution is 2.58. The highest BCUT2D eigenvalue weighted by molar-refractivity contribution is 6.30. The second-order valence-corrected chi connectivity index (χ2v) is 9.18. The second-order valence-electron chi connectivity index (χ2n) is 8.74. The number of anilines is 1. The van der Waals surface area contributed by atoms with Crippen LogP contribution < -0.4 is 10.0 Å². The second kappa shape index (κ2) is 6.24. The Labute approximate surface area is 175 Å². The van der Waals surface area contributed by atoms with E-state index < -0.39 is 5.97 Å². The first-order valence-electron chi connectivity index (χ1n) is 10.4. The molecule has 146 valence electrons. The highest BCUT2D eigenvalue weighted by Gasteiger charge is 2.47. The molecular formula is C25H21ClNO2-. The normalized spacial score (nSPS) is 30.8. The molecule has 0 bridgehead atoms. The molecule has 4 aliphatic rings. The van der Waals surface area contributed by atoms with E-state index in [-0.39, 0.29) is 12.0 Å². The molecule has 3 nitrogen and oxygen atoms in total. The zero-order valence-electron chi connectivity index (χ0n) is 15.9. The van der Waals surface area contributed by atoms with E-state index in [0.29, 0.717) is 23.3 Å². The monoisotopic (exact) mass is 402 g/mol. The Hall–Kier alpha value is -2.52. The van der Waals surface area contributed by atoms with Crippen LogP contribution in [0.15, 0.2) is 60.7 Å². The molecule has 2 aliphatic carbocycles. The maximum atomic E-state index is 11.8. The average molecular weight is 403 g/mol. The van der Waals surface area contributed by atoms with Gasteiger partial charge in [-0.3, -0.25) is 0 Å². The van der Waals surface area contributed by atoms with Crippen molar-refractivity contribution in [1.82, 2.24) is 0 Å². The Morgan fingerprint density at radius 2 is 1.69 bits per heavy atom. The number of carbonyl (C=O) groups is 1. The molecule has 4 heteroatoms. The van der Waals surface area contributed by atoms with E-state index in [1.54, 1.807) is 0 Å². The number of hydrogen-bond donors (Lipinski definition) is 0. The largest absolute Gasteiger partial charge is 0.545 e. The number of fused-ring (bicyclic) bond motifs is 4. The molecule has 6 rings (SSSR count). The molecular weight excluding hydrogens is 382 g/mol. The molecule has 2 aromatic rings. The van der Waals surface area contributed by atoms with E-state index >= 15 is 0 Å². The fraction of sp³-hybridized carbons (Fsp3) is 0.320. The summed E-state index contributed by atoms with van der Waals surface area (Å²) in [6.45, 7) is 0.999. The number of carboxylic acid groups (broad SMARTS) is 1. The summed E-state index contributed by atoms with van der Waals surface area (Å²) in [5, 5.41) is 12.5. The van der Waals surface area contributed by atoms with Crippen molar-refractivity contribution in [3.63, 3.8) is 0 Å². The van der Waals surface area contributed by atoms with E-state index in [0.717, 1.165) is 35.5 Å². The van der Waals surface area contributed by atoms with Gasteiger partial charge in [-0.1, -0.05) is 48.0 Å². The van der Waals surface area contributed by atoms with Crippen LogP contribution in [0.2, 0.25) is 5.02 Å². The number of hydrogen-bond acceptors (Lipinski definition) is 3. The number of carboxylic acids is 1. The van der Waals surface area contributed by atoms with Crippen LogP contribution in [0.25, 0.3) is 0 Å². The van der Waals surface area contributed by atoms with Gasteiger partial charge in [-0.2, -0.15) is 0 Å². The van der Waals surface area contributed by atoms with Crippen molar-refractivity contribution < 1.29 is 9.90 Å². The third-order valence-electron chi connectivity index (χ3n) is 7.30. The summed E-state index contributed by atoms with van der Waals surface area (Å²) in [6.07, 6.45) is 11.1. The number of allylic oxidation sites excluding steroid dienone is 4. The smallest absolute Gasteiger partial charge is 0.0715 e. The summed E-state index contributed by atoms with van der Waals surface area (Å²) in [5.41, 5.74) is 5.16. The summed E-state index contributed by atoms with van der Waals surface area (Å²) >= 11 is 6.17. The molecule has 2 aromatic carbocycles. The Morgan fingerprint density at radius 1 is 1.00 bits per heavy atom. The van der Waals surface area contributed by atoms with Crippen molar-refractivity contribution in [2.45, 2.75) is 30.7 Å². The summed E-state index contributed by atoms with van der Waals surface area (Å²) < 4.78 is 0. The highest BCUT2D eigenvalue weighted by atomic mass is 35.5. The zero-order chi connectivity index (χ0) is 19.7. The molecule has 0 unspecified atom stereocenters. The fourth-order valence-electron chi connectivity index (χ4n) is 6.13. The first kappa shape index (κ1) is 17.3. The number of benzene rings is 2. The van der Waals surface area contributed by atoms with Crippen LogP contribution in [0.5, 0.6) is 0 Å². The summed E-state index contributed by atoms with van der Waals surface area (Å²) in [6, 6.07) is 12.3. The van der Waals surface area contributed by atoms with Gasteiger partial charge in [0, 0.05) is 29.1 Å². The SMILES string of the molecule is O=C([O-])c1cc2c3c(c1)[C@H]1C=CC[C@H]1[C@@H](c1ccc(Cl)cc1)N3C[C@H]1CC=C[C@H]21. The van der Waals surface area contributed by atoms with Gasteiger partial charge in [0.25, 0.3) is 0 Å². The van der Waals surface area contributed by atoms with Gasteiger partial charge in [0.1, 0.15) is 0 Å². The minimum atomic E-state index is -1.09. The zero-order valence-corrected chi connectivity index (χ0v) is 16.7. The first-order valence-corrected chi connectivity index (χ1v) is 10.7. The van der Waals surface area contributed by atoms with Gasteiger partial charge in [0.15, 0.2) is 0 Å². The maximum Gasteiger partial charge on any atom is 0.0715 e. The Morgan fingerprint density at radius 3 is 2.45 bits per heavy atom. The van der Waals surface area contributed by atoms with E-state index in [1.807, 2.05) is 24.3 Å². The van der Waals surface area contributed by atoms with Crippen LogP contribution in [0.3, 0.4) is 0 Å². The minimum Gasteiger partial charge on any atom is -0.545 e. The number of nitrogens with zero attached hydrogens (tertiary/aromatic N) is 1. The molecule has 0 saturated carbocycles. The van der Waals surface area contributed by atoms with Crippen LogP contribution >= 0.6 is 11.6 Å². The molecule has 0 amide bonds. The quantitative estimate of drug-likeness (QED) is 0.689. The van der Waals surface area contributed by atoms with Gasteiger partial charge < -0.3 is 14.8 Å². The molecule has 0 spiro atoms. The number of rotatable bonds is 2. The summed E-state index contributed by atoms with van der Waals surface area (Å²) in [5.74, 6) is 0.347. The van der Waals surface area contributed by atoms with Crippen molar-refractivity contribution in [1.29, 1.82) is 0 Å². The van der Waals surface area contributed by atoms with Crippen molar-refractivity contribution in [2.24, 2.45) is 11.8 Å². The first-order chi connectivity index (χ1) is 14.1. The van der Waals surface area contributed by atoms with Crippen molar-refractivity contribution in [2.75, 3.05) is 11.4 Å². The maximum absolute atomic E-state index is 11.8. The van der Waals surface area contributed by atoms with Crippen LogP contribution in [-0.2, 0) is 0 Å². The molecule has 0 radical (unpaired) electrons. The molecule has 0 aromatic heterocycles. The van der Waals surface area contributed by atoms with Gasteiger partial charge in [-0.05, 0) is 71.2 Å². The lowest BCUT2D eigenvalue weighted by Gasteiger charge is -2.51. The molecule has 29 heavy (non-hydrogen) atoms. The lowest BCUT2D eigenvalue weighted by atomic mass is 9.70. The molecule has 0 N–H and O–H groups in total. The lowest BCUT2D eigenvalue weighted by molar-refractivity contribution is -0.255. The Balaban J connectivity index is 1.59. The number of aromatic carboxylic acids is 1. The van der Waals surface area contributed by atoms with E-state index in [9.17, 15) is 9.90 Å². The van der Waals surface area contributed by atoms with Crippen molar-refractivity contribution >= 4 is 23.3 Å². The predicted octanol–water partition coefficient (Wildman–Crippen LogP) is 4.60. The Kier molecular flexibility index (Phi) is 3.73. The van der Waals surface area contributed by atoms with Gasteiger partial charge in [-0.15, -0.1) is 0 Å². The molecule has 2 aliphatic heterocycles. The standard InChI is InChI=1S/C25H22ClNO2/c26-17-9-7-14(8-10-17)23-20-6-2-5-19(20)22-12-16(25(28)29)11-21-18-4-1-3-15(18)13-27(23)24(21)22/h1-2,4-5,7-12,15,18-20,23H,3,6,13H2,(H,28,29)/p-1/t15-,18+,19+,20-,23-/m1/s1. The van der Waals surface area contributed by atoms with E-state index in [2.05, 4.69) is 41.3 Å². The van der Waals surface area contributed by atoms with E-state index in [1.165, 1.54) is 11.3 Å². The Bertz CT molecular complexity index is 1050. The molecule has 0 fully saturated rings. The van der Waals surface area contributed by atoms with Crippen LogP contribution in [0, 0.1) is 11.8 Å².